The van der Waals surface area contributed by atoms with Crippen LogP contribution in [-0.4, -0.2) is 10.9 Å². The normalized spacial score (nSPS) is 12.2. The van der Waals surface area contributed by atoms with E-state index in [1.807, 2.05) is 13.0 Å². The zero-order valence-corrected chi connectivity index (χ0v) is 10.6. The van der Waals surface area contributed by atoms with Crippen molar-refractivity contribution in [3.8, 4) is 0 Å². The number of amides is 1. The lowest BCUT2D eigenvalue weighted by molar-refractivity contribution is -0.117. The maximum atomic E-state index is 11.6. The molecule has 0 radical (unpaired) electrons. The van der Waals surface area contributed by atoms with Crippen molar-refractivity contribution in [2.75, 3.05) is 5.32 Å². The number of nitrogens with one attached hydrogen (secondary N) is 1. The Labute approximate surface area is 101 Å². The number of hydrogen-bond acceptors (Lipinski definition) is 2. The number of rotatable bonds is 4. The van der Waals surface area contributed by atoms with Crippen LogP contribution in [0.3, 0.4) is 0 Å². The lowest BCUT2D eigenvalue weighted by Crippen LogP contribution is -2.15. The molecular weight excluding hydrogens is 224 g/mol. The summed E-state index contributed by atoms with van der Waals surface area (Å²) in [5.74, 6) is 0.375. The Hall–Kier alpha value is -1.09. The van der Waals surface area contributed by atoms with Crippen LogP contribution in [0.25, 0.3) is 0 Å². The summed E-state index contributed by atoms with van der Waals surface area (Å²) in [7, 11) is 0. The number of aromatic nitrogens is 1. The monoisotopic (exact) mass is 240 g/mol. The highest BCUT2D eigenvalue weighted by atomic mass is 35.5. The second kappa shape index (κ2) is 5.85. The minimum atomic E-state index is -0.0105. The fourth-order valence-electron chi connectivity index (χ4n) is 1.30. The lowest BCUT2D eigenvalue weighted by atomic mass is 10.1. The van der Waals surface area contributed by atoms with E-state index in [-0.39, 0.29) is 5.91 Å². The van der Waals surface area contributed by atoms with E-state index in [9.17, 15) is 4.79 Å². The second-order valence-electron chi connectivity index (χ2n) is 4.12. The summed E-state index contributed by atoms with van der Waals surface area (Å²) in [5.41, 5.74) is 1.57. The SMILES string of the molecule is CCC(C)CC(=O)Nc1cc(C)cnc1Cl. The highest BCUT2D eigenvalue weighted by Gasteiger charge is 2.10. The van der Waals surface area contributed by atoms with E-state index < -0.39 is 0 Å². The van der Waals surface area contributed by atoms with Gasteiger partial charge in [0.1, 0.15) is 0 Å². The molecular formula is C12H17ClN2O. The maximum Gasteiger partial charge on any atom is 0.224 e. The van der Waals surface area contributed by atoms with Crippen LogP contribution >= 0.6 is 11.6 Å². The Morgan fingerprint density at radius 3 is 2.94 bits per heavy atom. The maximum absolute atomic E-state index is 11.6. The third kappa shape index (κ3) is 3.81. The minimum Gasteiger partial charge on any atom is -0.323 e. The van der Waals surface area contributed by atoms with Crippen LogP contribution in [-0.2, 0) is 4.79 Å². The molecule has 1 unspecified atom stereocenters. The second-order valence-corrected chi connectivity index (χ2v) is 4.47. The van der Waals surface area contributed by atoms with E-state index in [4.69, 9.17) is 11.6 Å². The van der Waals surface area contributed by atoms with Crippen LogP contribution in [0.4, 0.5) is 5.69 Å². The van der Waals surface area contributed by atoms with Gasteiger partial charge in [0.05, 0.1) is 5.69 Å². The summed E-state index contributed by atoms with van der Waals surface area (Å²) in [6.07, 6.45) is 3.18. The van der Waals surface area contributed by atoms with Crippen molar-refractivity contribution in [1.82, 2.24) is 4.98 Å². The molecule has 0 aliphatic rings. The molecule has 16 heavy (non-hydrogen) atoms. The molecule has 1 N–H and O–H groups in total. The van der Waals surface area contributed by atoms with E-state index in [0.29, 0.717) is 23.2 Å². The first-order chi connectivity index (χ1) is 7.52. The Morgan fingerprint density at radius 1 is 1.62 bits per heavy atom. The van der Waals surface area contributed by atoms with E-state index in [1.54, 1.807) is 6.20 Å². The lowest BCUT2D eigenvalue weighted by Gasteiger charge is -2.10. The topological polar surface area (TPSA) is 42.0 Å². The molecule has 1 aromatic rings. The summed E-state index contributed by atoms with van der Waals surface area (Å²) in [5, 5.41) is 3.12. The molecule has 1 rings (SSSR count). The molecule has 0 fully saturated rings. The quantitative estimate of drug-likeness (QED) is 0.820. The van der Waals surface area contributed by atoms with Gasteiger partial charge in [-0.3, -0.25) is 4.79 Å². The molecule has 0 bridgehead atoms. The van der Waals surface area contributed by atoms with Crippen molar-refractivity contribution in [3.63, 3.8) is 0 Å². The summed E-state index contributed by atoms with van der Waals surface area (Å²) in [6.45, 7) is 6.03. The van der Waals surface area contributed by atoms with Gasteiger partial charge >= 0.3 is 0 Å². The van der Waals surface area contributed by atoms with Crippen LogP contribution in [0.15, 0.2) is 12.3 Å². The molecule has 88 valence electrons. The molecule has 1 aromatic heterocycles. The van der Waals surface area contributed by atoms with Gasteiger partial charge in [-0.05, 0) is 24.5 Å². The third-order valence-corrected chi connectivity index (χ3v) is 2.78. The van der Waals surface area contributed by atoms with E-state index >= 15 is 0 Å². The van der Waals surface area contributed by atoms with Crippen molar-refractivity contribution in [2.45, 2.75) is 33.6 Å². The first kappa shape index (κ1) is 13.0. The van der Waals surface area contributed by atoms with E-state index in [2.05, 4.69) is 24.1 Å². The van der Waals surface area contributed by atoms with Crippen LogP contribution < -0.4 is 5.32 Å². The fourth-order valence-corrected chi connectivity index (χ4v) is 1.45. The predicted octanol–water partition coefficient (Wildman–Crippen LogP) is 3.42. The molecule has 1 amide bonds. The van der Waals surface area contributed by atoms with E-state index in [1.165, 1.54) is 0 Å². The zero-order valence-electron chi connectivity index (χ0n) is 9.88. The fraction of sp³-hybridized carbons (Fsp3) is 0.500. The number of carbonyl (C=O) groups excluding carboxylic acids is 1. The van der Waals surface area contributed by atoms with Gasteiger partial charge in [-0.15, -0.1) is 0 Å². The number of pyridine rings is 1. The number of anilines is 1. The molecule has 1 heterocycles. The van der Waals surface area contributed by atoms with E-state index in [0.717, 1.165) is 12.0 Å². The number of hydrogen-bond donors (Lipinski definition) is 1. The largest absolute Gasteiger partial charge is 0.323 e. The molecule has 0 spiro atoms. The summed E-state index contributed by atoms with van der Waals surface area (Å²) in [4.78, 5) is 15.6. The van der Waals surface area contributed by atoms with Crippen molar-refractivity contribution in [3.05, 3.63) is 23.0 Å². The van der Waals surface area contributed by atoms with Gasteiger partial charge in [0.15, 0.2) is 5.15 Å². The minimum absolute atomic E-state index is 0.0105. The summed E-state index contributed by atoms with van der Waals surface area (Å²) in [6, 6.07) is 1.82. The zero-order chi connectivity index (χ0) is 12.1. The Morgan fingerprint density at radius 2 is 2.31 bits per heavy atom. The van der Waals surface area contributed by atoms with Gasteiger partial charge in [-0.25, -0.2) is 4.98 Å². The van der Waals surface area contributed by atoms with Crippen LogP contribution in [0.1, 0.15) is 32.3 Å². The molecule has 0 aliphatic carbocycles. The summed E-state index contributed by atoms with van der Waals surface area (Å²) >= 11 is 5.88. The van der Waals surface area contributed by atoms with Crippen molar-refractivity contribution in [1.29, 1.82) is 0 Å². The summed E-state index contributed by atoms with van der Waals surface area (Å²) < 4.78 is 0. The van der Waals surface area contributed by atoms with Gasteiger partial charge in [0, 0.05) is 12.6 Å². The molecule has 1 atom stereocenters. The van der Waals surface area contributed by atoms with Gasteiger partial charge in [-0.2, -0.15) is 0 Å². The molecule has 4 heteroatoms. The molecule has 0 aromatic carbocycles. The third-order valence-electron chi connectivity index (χ3n) is 2.48. The average Bonchev–Trinajstić information content (AvgIpc) is 2.23. The Bertz CT molecular complexity index is 379. The average molecular weight is 241 g/mol. The van der Waals surface area contributed by atoms with Crippen molar-refractivity contribution >= 4 is 23.2 Å². The molecule has 0 saturated heterocycles. The Balaban J connectivity index is 2.65. The first-order valence-corrected chi connectivity index (χ1v) is 5.82. The van der Waals surface area contributed by atoms with Gasteiger partial charge in [0.25, 0.3) is 0 Å². The predicted molar refractivity (Wildman–Crippen MR) is 66.7 cm³/mol. The number of halogens is 1. The van der Waals surface area contributed by atoms with Gasteiger partial charge < -0.3 is 5.32 Å². The molecule has 0 aliphatic heterocycles. The molecule has 3 nitrogen and oxygen atoms in total. The van der Waals surface area contributed by atoms with Crippen LogP contribution in [0.2, 0.25) is 5.15 Å². The highest BCUT2D eigenvalue weighted by molar-refractivity contribution is 6.32. The van der Waals surface area contributed by atoms with Gasteiger partial charge in [-0.1, -0.05) is 31.9 Å². The standard InChI is InChI=1S/C12H17ClN2O/c1-4-8(2)6-11(16)15-10-5-9(3)7-14-12(10)13/h5,7-8H,4,6H2,1-3H3,(H,15,16). The number of aryl methyl sites for hydroxylation is 1. The van der Waals surface area contributed by atoms with Gasteiger partial charge in [0.2, 0.25) is 5.91 Å². The Kier molecular flexibility index (Phi) is 4.74. The van der Waals surface area contributed by atoms with Crippen LogP contribution in [0, 0.1) is 12.8 Å². The van der Waals surface area contributed by atoms with Crippen molar-refractivity contribution < 1.29 is 4.79 Å². The highest BCUT2D eigenvalue weighted by Crippen LogP contribution is 2.20. The smallest absolute Gasteiger partial charge is 0.224 e. The first-order valence-electron chi connectivity index (χ1n) is 5.45. The number of nitrogens with zero attached hydrogens (tertiary/aromatic N) is 1. The molecule has 0 saturated carbocycles. The van der Waals surface area contributed by atoms with Crippen molar-refractivity contribution in [2.24, 2.45) is 5.92 Å². The van der Waals surface area contributed by atoms with Crippen LogP contribution in [0.5, 0.6) is 0 Å². The number of carbonyl (C=O) groups is 1.